The summed E-state index contributed by atoms with van der Waals surface area (Å²) in [5.41, 5.74) is 2.67. The minimum Gasteiger partial charge on any atom is -0.406 e. The van der Waals surface area contributed by atoms with Crippen LogP contribution in [0.5, 0.6) is 5.75 Å². The molecule has 0 aliphatic heterocycles. The summed E-state index contributed by atoms with van der Waals surface area (Å²) in [7, 11) is 0. The molecule has 0 radical (unpaired) electrons. The number of H-pyrrole nitrogens is 1. The maximum Gasteiger partial charge on any atom is 0.573 e. The van der Waals surface area contributed by atoms with Crippen molar-refractivity contribution < 1.29 is 17.9 Å². The van der Waals surface area contributed by atoms with Gasteiger partial charge >= 0.3 is 6.36 Å². The molecule has 3 aromatic rings. The van der Waals surface area contributed by atoms with Gasteiger partial charge < -0.3 is 4.74 Å². The third kappa shape index (κ3) is 3.17. The van der Waals surface area contributed by atoms with E-state index in [4.69, 9.17) is 5.26 Å². The number of hydrogen-bond acceptors (Lipinski definition) is 5. The fraction of sp³-hybridized carbons (Fsp3) is 0.0714. The number of nitrogens with zero attached hydrogens (tertiary/aromatic N) is 3. The fourth-order valence-corrected chi connectivity index (χ4v) is 2.88. The Hall–Kier alpha value is -2.86. The molecule has 0 fully saturated rings. The standard InChI is InChI=1S/C14H7F3N4OS/c15-14(16,17)22-9-3-1-8(2-4-9)10-6-23-7-11(10)13-12(5-18)19-21-20-13/h1-4,6-7H,(H,19,20,21). The molecule has 2 heterocycles. The number of benzene rings is 1. The lowest BCUT2D eigenvalue weighted by Gasteiger charge is -2.09. The highest BCUT2D eigenvalue weighted by Crippen LogP contribution is 2.36. The molecule has 0 saturated carbocycles. The number of nitriles is 1. The lowest BCUT2D eigenvalue weighted by molar-refractivity contribution is -0.274. The molecule has 116 valence electrons. The van der Waals surface area contributed by atoms with Gasteiger partial charge in [-0.2, -0.15) is 26.9 Å². The van der Waals surface area contributed by atoms with E-state index >= 15 is 0 Å². The molecule has 5 nitrogen and oxygen atoms in total. The SMILES string of the molecule is N#Cc1n[nH]nc1-c1cscc1-c1ccc(OC(F)(F)F)cc1. The predicted molar refractivity (Wildman–Crippen MR) is 76.5 cm³/mol. The zero-order chi connectivity index (χ0) is 16.4. The zero-order valence-electron chi connectivity index (χ0n) is 11.3. The van der Waals surface area contributed by atoms with E-state index < -0.39 is 6.36 Å². The lowest BCUT2D eigenvalue weighted by atomic mass is 10.0. The summed E-state index contributed by atoms with van der Waals surface area (Å²) in [6.45, 7) is 0. The monoisotopic (exact) mass is 336 g/mol. The molecular weight excluding hydrogens is 329 g/mol. The molecule has 23 heavy (non-hydrogen) atoms. The largest absolute Gasteiger partial charge is 0.573 e. The molecule has 9 heteroatoms. The third-order valence-electron chi connectivity index (χ3n) is 2.97. The van der Waals surface area contributed by atoms with Crippen molar-refractivity contribution in [3.63, 3.8) is 0 Å². The van der Waals surface area contributed by atoms with E-state index in [-0.39, 0.29) is 11.4 Å². The first-order valence-electron chi connectivity index (χ1n) is 6.21. The predicted octanol–water partition coefficient (Wildman–Crippen LogP) is 3.97. The summed E-state index contributed by atoms with van der Waals surface area (Å²) in [4.78, 5) is 0. The Morgan fingerprint density at radius 3 is 2.43 bits per heavy atom. The third-order valence-corrected chi connectivity index (χ3v) is 3.71. The van der Waals surface area contributed by atoms with Gasteiger partial charge in [-0.1, -0.05) is 12.1 Å². The Bertz CT molecular complexity index is 861. The summed E-state index contributed by atoms with van der Waals surface area (Å²) >= 11 is 1.39. The van der Waals surface area contributed by atoms with Crippen LogP contribution >= 0.6 is 11.3 Å². The highest BCUT2D eigenvalue weighted by atomic mass is 32.1. The second kappa shape index (κ2) is 5.73. The van der Waals surface area contributed by atoms with Crippen molar-refractivity contribution >= 4 is 11.3 Å². The van der Waals surface area contributed by atoms with Gasteiger partial charge in [0.05, 0.1) is 0 Å². The average Bonchev–Trinajstić information content (AvgIpc) is 3.14. The second-order valence-electron chi connectivity index (χ2n) is 4.40. The van der Waals surface area contributed by atoms with E-state index in [0.29, 0.717) is 16.8 Å². The highest BCUT2D eigenvalue weighted by Gasteiger charge is 2.31. The van der Waals surface area contributed by atoms with Gasteiger partial charge in [-0.15, -0.1) is 18.3 Å². The summed E-state index contributed by atoms with van der Waals surface area (Å²) in [6, 6.07) is 7.43. The van der Waals surface area contributed by atoms with E-state index in [1.807, 2.05) is 11.4 Å². The van der Waals surface area contributed by atoms with Gasteiger partial charge in [0.2, 0.25) is 0 Å². The normalized spacial score (nSPS) is 11.2. The molecule has 0 amide bonds. The van der Waals surface area contributed by atoms with Crippen LogP contribution in [0.15, 0.2) is 35.0 Å². The molecule has 1 aromatic carbocycles. The van der Waals surface area contributed by atoms with Gasteiger partial charge in [0, 0.05) is 16.5 Å². The number of aromatic amines is 1. The van der Waals surface area contributed by atoms with E-state index in [9.17, 15) is 13.2 Å². The lowest BCUT2D eigenvalue weighted by Crippen LogP contribution is -2.16. The van der Waals surface area contributed by atoms with Gasteiger partial charge in [0.15, 0.2) is 5.69 Å². The quantitative estimate of drug-likeness (QED) is 0.785. The van der Waals surface area contributed by atoms with Crippen LogP contribution in [0.1, 0.15) is 5.69 Å². The Morgan fingerprint density at radius 2 is 1.78 bits per heavy atom. The molecule has 2 aromatic heterocycles. The maximum atomic E-state index is 12.2. The van der Waals surface area contributed by atoms with Crippen LogP contribution in [-0.4, -0.2) is 21.8 Å². The molecular formula is C14H7F3N4OS. The number of nitrogens with one attached hydrogen (secondary N) is 1. The van der Waals surface area contributed by atoms with Crippen molar-refractivity contribution in [3.8, 4) is 34.2 Å². The molecule has 0 bridgehead atoms. The summed E-state index contributed by atoms with van der Waals surface area (Å²) < 4.78 is 40.4. The van der Waals surface area contributed by atoms with E-state index in [2.05, 4.69) is 20.1 Å². The van der Waals surface area contributed by atoms with Gasteiger partial charge in [-0.3, -0.25) is 0 Å². The molecule has 0 aliphatic carbocycles. The number of halogens is 3. The number of rotatable bonds is 3. The van der Waals surface area contributed by atoms with Crippen LogP contribution in [-0.2, 0) is 0 Å². The number of hydrogen-bond donors (Lipinski definition) is 1. The van der Waals surface area contributed by atoms with Crippen molar-refractivity contribution in [1.29, 1.82) is 5.26 Å². The Kier molecular flexibility index (Phi) is 3.75. The van der Waals surface area contributed by atoms with Crippen LogP contribution in [0, 0.1) is 11.3 Å². The van der Waals surface area contributed by atoms with Gasteiger partial charge in [0.25, 0.3) is 0 Å². The van der Waals surface area contributed by atoms with Crippen LogP contribution < -0.4 is 4.74 Å². The summed E-state index contributed by atoms with van der Waals surface area (Å²) in [5.74, 6) is -0.294. The molecule has 0 aliphatic rings. The minimum atomic E-state index is -4.72. The van der Waals surface area contributed by atoms with Gasteiger partial charge in [-0.05, 0) is 23.1 Å². The molecule has 0 atom stereocenters. The van der Waals surface area contributed by atoms with Crippen molar-refractivity contribution in [3.05, 3.63) is 40.7 Å². The van der Waals surface area contributed by atoms with Crippen LogP contribution in [0.25, 0.3) is 22.4 Å². The van der Waals surface area contributed by atoms with E-state index in [1.165, 1.54) is 35.6 Å². The fourth-order valence-electron chi connectivity index (χ4n) is 2.04. The number of ether oxygens (including phenoxy) is 1. The summed E-state index contributed by atoms with van der Waals surface area (Å²) in [5, 5.41) is 22.7. The highest BCUT2D eigenvalue weighted by molar-refractivity contribution is 7.08. The van der Waals surface area contributed by atoms with Crippen molar-refractivity contribution in [2.45, 2.75) is 6.36 Å². The molecule has 0 spiro atoms. The smallest absolute Gasteiger partial charge is 0.406 e. The topological polar surface area (TPSA) is 74.6 Å². The van der Waals surface area contributed by atoms with Crippen LogP contribution in [0.4, 0.5) is 13.2 Å². The van der Waals surface area contributed by atoms with Crippen molar-refractivity contribution in [1.82, 2.24) is 15.4 Å². The first-order valence-corrected chi connectivity index (χ1v) is 7.16. The van der Waals surface area contributed by atoms with Crippen LogP contribution in [0.2, 0.25) is 0 Å². The van der Waals surface area contributed by atoms with E-state index in [0.717, 1.165) is 5.56 Å². The first-order chi connectivity index (χ1) is 11.0. The van der Waals surface area contributed by atoms with Crippen molar-refractivity contribution in [2.24, 2.45) is 0 Å². The molecule has 0 unspecified atom stereocenters. The Morgan fingerprint density at radius 1 is 1.09 bits per heavy atom. The molecule has 1 N–H and O–H groups in total. The van der Waals surface area contributed by atoms with E-state index in [1.54, 1.807) is 5.38 Å². The van der Waals surface area contributed by atoms with Gasteiger partial charge in [0.1, 0.15) is 17.5 Å². The number of alkyl halides is 3. The number of thiophene rings is 1. The second-order valence-corrected chi connectivity index (χ2v) is 5.15. The maximum absolute atomic E-state index is 12.2. The summed E-state index contributed by atoms with van der Waals surface area (Å²) in [6.07, 6.45) is -4.72. The first kappa shape index (κ1) is 15.1. The average molecular weight is 336 g/mol. The van der Waals surface area contributed by atoms with Crippen molar-refractivity contribution in [2.75, 3.05) is 0 Å². The molecule has 3 rings (SSSR count). The van der Waals surface area contributed by atoms with Crippen LogP contribution in [0.3, 0.4) is 0 Å². The molecule has 0 saturated heterocycles. The van der Waals surface area contributed by atoms with Gasteiger partial charge in [-0.25, -0.2) is 0 Å². The minimum absolute atomic E-state index is 0.154. The Labute approximate surface area is 132 Å². The zero-order valence-corrected chi connectivity index (χ0v) is 12.1. The number of aromatic nitrogens is 3. The Balaban J connectivity index is 1.95.